The van der Waals surface area contributed by atoms with E-state index in [0.29, 0.717) is 23.7 Å². The lowest BCUT2D eigenvalue weighted by Crippen LogP contribution is -2.17. The van der Waals surface area contributed by atoms with Crippen LogP contribution in [0.3, 0.4) is 0 Å². The number of fused-ring (bicyclic) bond motifs is 8. The van der Waals surface area contributed by atoms with Crippen molar-refractivity contribution < 1.29 is 0 Å². The van der Waals surface area contributed by atoms with E-state index in [2.05, 4.69) is 148 Å². The first kappa shape index (κ1) is 26.8. The average Bonchev–Trinajstić information content (AvgIpc) is 3.56. The second-order valence-corrected chi connectivity index (χ2v) is 14.1. The summed E-state index contributed by atoms with van der Waals surface area (Å²) in [6, 6.07) is 32.0. The number of rotatable bonds is 4. The fourth-order valence-corrected chi connectivity index (χ4v) is 8.33. The Morgan fingerprint density at radius 3 is 2.27 bits per heavy atom. The van der Waals surface area contributed by atoms with E-state index in [0.717, 1.165) is 12.8 Å². The molecule has 1 heteroatoms. The van der Waals surface area contributed by atoms with Crippen molar-refractivity contribution in [3.05, 3.63) is 148 Å². The standard InChI is InChI=1S/C44H39N/c1-26(2)29-14-16-31-24-42-38(20-33(31)18-29)40-22-35(37-13-9-8-12-36(37)28-10-6-5-7-11-28)23-41-39-21-34-19-30(27(3)4)15-17-32(34)25-43(39)45(42)44(40)41/h5-20,22-23,25-27,31,39H,21,24H2,1-4H3. The molecule has 4 aromatic carbocycles. The molecule has 2 heterocycles. The molecule has 0 saturated carbocycles. The van der Waals surface area contributed by atoms with Crippen molar-refractivity contribution in [3.63, 3.8) is 0 Å². The van der Waals surface area contributed by atoms with Crippen LogP contribution in [0.5, 0.6) is 0 Å². The van der Waals surface area contributed by atoms with Crippen LogP contribution in [0.25, 0.3) is 51.0 Å². The second-order valence-electron chi connectivity index (χ2n) is 14.1. The number of benzene rings is 4. The van der Waals surface area contributed by atoms with Crippen LogP contribution in [0.1, 0.15) is 73.0 Å². The summed E-state index contributed by atoms with van der Waals surface area (Å²) in [5.74, 6) is 1.86. The predicted octanol–water partition coefficient (Wildman–Crippen LogP) is 11.5. The smallest absolute Gasteiger partial charge is 0.0574 e. The molecule has 45 heavy (non-hydrogen) atoms. The van der Waals surface area contributed by atoms with E-state index in [9.17, 15) is 0 Å². The highest BCUT2D eigenvalue weighted by atomic mass is 15.0. The van der Waals surface area contributed by atoms with Crippen molar-refractivity contribution in [3.8, 4) is 22.3 Å². The Labute approximate surface area is 266 Å². The van der Waals surface area contributed by atoms with E-state index in [4.69, 9.17) is 0 Å². The molecular formula is C44H39N. The van der Waals surface area contributed by atoms with E-state index < -0.39 is 0 Å². The number of hydrogen-bond acceptors (Lipinski definition) is 0. The maximum atomic E-state index is 2.68. The second kappa shape index (κ2) is 9.94. The maximum Gasteiger partial charge on any atom is 0.0574 e. The Kier molecular flexibility index (Phi) is 5.91. The predicted molar refractivity (Wildman–Crippen MR) is 191 cm³/mol. The molecule has 220 valence electrons. The van der Waals surface area contributed by atoms with Gasteiger partial charge >= 0.3 is 0 Å². The summed E-state index contributed by atoms with van der Waals surface area (Å²) in [4.78, 5) is 0. The van der Waals surface area contributed by atoms with Crippen molar-refractivity contribution in [1.82, 2.24) is 4.57 Å². The van der Waals surface area contributed by atoms with Gasteiger partial charge in [-0.05, 0) is 105 Å². The molecule has 1 aliphatic heterocycles. The van der Waals surface area contributed by atoms with Crippen molar-refractivity contribution in [2.75, 3.05) is 0 Å². The van der Waals surface area contributed by atoms with Crippen molar-refractivity contribution in [2.45, 2.75) is 52.4 Å². The number of aromatic nitrogens is 1. The van der Waals surface area contributed by atoms with Crippen LogP contribution in [-0.2, 0) is 12.8 Å². The molecule has 0 bridgehead atoms. The van der Waals surface area contributed by atoms with Gasteiger partial charge in [0.05, 0.1) is 5.52 Å². The van der Waals surface area contributed by atoms with Crippen LogP contribution in [0, 0.1) is 11.8 Å². The minimum atomic E-state index is 0.367. The van der Waals surface area contributed by atoms with Gasteiger partial charge < -0.3 is 4.57 Å². The number of hydrogen-bond donors (Lipinski definition) is 0. The zero-order valence-corrected chi connectivity index (χ0v) is 26.6. The highest BCUT2D eigenvalue weighted by molar-refractivity contribution is 6.06. The molecule has 0 N–H and O–H groups in total. The summed E-state index contributed by atoms with van der Waals surface area (Å²) >= 11 is 0. The van der Waals surface area contributed by atoms with Crippen LogP contribution in [-0.4, -0.2) is 4.57 Å². The van der Waals surface area contributed by atoms with Crippen molar-refractivity contribution in [1.29, 1.82) is 0 Å². The summed E-state index contributed by atoms with van der Waals surface area (Å²) in [5.41, 5.74) is 19.7. The Morgan fingerprint density at radius 2 is 1.49 bits per heavy atom. The minimum absolute atomic E-state index is 0.367. The monoisotopic (exact) mass is 581 g/mol. The first-order valence-corrected chi connectivity index (χ1v) is 16.8. The Hall–Kier alpha value is -4.62. The SMILES string of the molecule is CC(C)C1=CC2=Cc3c(n4c5c(cc(-c6ccccc6-c6ccccc6)cc35)C3Cc5cc(C(C)C)ccc5C=C34)CC2C=C1. The third-order valence-electron chi connectivity index (χ3n) is 10.8. The molecule has 1 nitrogen and oxygen atoms in total. The summed E-state index contributed by atoms with van der Waals surface area (Å²) < 4.78 is 2.68. The molecule has 5 aromatic rings. The van der Waals surface area contributed by atoms with Gasteiger partial charge in [-0.3, -0.25) is 0 Å². The van der Waals surface area contributed by atoms with E-state index in [1.807, 2.05) is 0 Å². The highest BCUT2D eigenvalue weighted by Gasteiger charge is 2.38. The summed E-state index contributed by atoms with van der Waals surface area (Å²) in [5, 5.41) is 1.41. The van der Waals surface area contributed by atoms with Crippen LogP contribution in [0.2, 0.25) is 0 Å². The maximum absolute atomic E-state index is 2.68. The summed E-state index contributed by atoms with van der Waals surface area (Å²) in [6.07, 6.45) is 14.4. The van der Waals surface area contributed by atoms with Crippen LogP contribution in [0.4, 0.5) is 0 Å². The Morgan fingerprint density at radius 1 is 0.711 bits per heavy atom. The molecular weight excluding hydrogens is 542 g/mol. The van der Waals surface area contributed by atoms with Gasteiger partial charge in [0.1, 0.15) is 0 Å². The molecule has 0 spiro atoms. The molecule has 0 saturated heterocycles. The lowest BCUT2D eigenvalue weighted by Gasteiger charge is -2.29. The zero-order valence-electron chi connectivity index (χ0n) is 26.6. The highest BCUT2D eigenvalue weighted by Crippen LogP contribution is 2.54. The molecule has 2 atom stereocenters. The van der Waals surface area contributed by atoms with E-state index in [1.54, 1.807) is 0 Å². The van der Waals surface area contributed by atoms with E-state index in [1.165, 1.54) is 83.5 Å². The number of allylic oxidation sites excluding steroid dienone is 6. The molecule has 9 rings (SSSR count). The Balaban J connectivity index is 1.30. The fourth-order valence-electron chi connectivity index (χ4n) is 8.33. The van der Waals surface area contributed by atoms with Gasteiger partial charge in [0.15, 0.2) is 0 Å². The summed E-state index contributed by atoms with van der Waals surface area (Å²) in [7, 11) is 0. The largest absolute Gasteiger partial charge is 0.316 e. The lowest BCUT2D eigenvalue weighted by atomic mass is 9.78. The van der Waals surface area contributed by atoms with Gasteiger partial charge in [-0.1, -0.05) is 119 Å². The average molecular weight is 582 g/mol. The molecule has 0 fully saturated rings. The van der Waals surface area contributed by atoms with Gasteiger partial charge in [-0.2, -0.15) is 0 Å². The molecule has 4 aliphatic rings. The van der Waals surface area contributed by atoms with Gasteiger partial charge in [0.2, 0.25) is 0 Å². The van der Waals surface area contributed by atoms with Crippen LogP contribution < -0.4 is 0 Å². The zero-order chi connectivity index (χ0) is 30.4. The van der Waals surface area contributed by atoms with Gasteiger partial charge in [-0.25, -0.2) is 0 Å². The van der Waals surface area contributed by atoms with E-state index >= 15 is 0 Å². The molecule has 0 amide bonds. The summed E-state index contributed by atoms with van der Waals surface area (Å²) in [6.45, 7) is 9.21. The number of nitrogens with zero attached hydrogens (tertiary/aromatic N) is 1. The molecule has 1 aromatic heterocycles. The quantitative estimate of drug-likeness (QED) is 0.199. The molecule has 0 radical (unpaired) electrons. The third kappa shape index (κ3) is 4.06. The normalized spacial score (nSPS) is 19.2. The first-order valence-electron chi connectivity index (χ1n) is 16.8. The molecule has 3 aliphatic carbocycles. The third-order valence-corrected chi connectivity index (χ3v) is 10.8. The fraction of sp³-hybridized carbons (Fsp3) is 0.227. The van der Waals surface area contributed by atoms with Crippen molar-refractivity contribution in [2.24, 2.45) is 11.8 Å². The van der Waals surface area contributed by atoms with Gasteiger partial charge in [0, 0.05) is 34.2 Å². The first-order chi connectivity index (χ1) is 21.9. The Bertz CT molecular complexity index is 2160. The van der Waals surface area contributed by atoms with E-state index in [-0.39, 0.29) is 0 Å². The minimum Gasteiger partial charge on any atom is -0.316 e. The van der Waals surface area contributed by atoms with Gasteiger partial charge in [-0.15, -0.1) is 0 Å². The topological polar surface area (TPSA) is 4.93 Å². The van der Waals surface area contributed by atoms with Crippen molar-refractivity contribution >= 4 is 28.8 Å². The lowest BCUT2D eigenvalue weighted by molar-refractivity contribution is 0.704. The van der Waals surface area contributed by atoms with Crippen LogP contribution >= 0.6 is 0 Å². The van der Waals surface area contributed by atoms with Crippen LogP contribution in [0.15, 0.2) is 114 Å². The molecule has 2 unspecified atom stereocenters. The van der Waals surface area contributed by atoms with Gasteiger partial charge in [0.25, 0.3) is 0 Å².